The van der Waals surface area contributed by atoms with Crippen molar-refractivity contribution >= 4 is 23.6 Å². The Labute approximate surface area is 103 Å². The highest BCUT2D eigenvalue weighted by molar-refractivity contribution is 7.11. The van der Waals surface area contributed by atoms with E-state index in [-0.39, 0.29) is 0 Å². The van der Waals surface area contributed by atoms with Crippen molar-refractivity contribution < 1.29 is 9.53 Å². The first-order valence-electron chi connectivity index (χ1n) is 4.94. The molecule has 0 atom stereocenters. The maximum Gasteiger partial charge on any atom is 0.433 e. The molecule has 0 unspecified atom stereocenters. The second-order valence-electron chi connectivity index (χ2n) is 3.09. The van der Waals surface area contributed by atoms with Crippen LogP contribution in [0.5, 0.6) is 5.75 Å². The minimum atomic E-state index is -0.607. The predicted molar refractivity (Wildman–Crippen MR) is 67.5 cm³/mol. The van der Waals surface area contributed by atoms with Crippen LogP contribution in [0.2, 0.25) is 0 Å². The number of hydrogen-bond donors (Lipinski definition) is 1. The molecule has 1 amide bonds. The van der Waals surface area contributed by atoms with E-state index in [0.29, 0.717) is 5.75 Å². The maximum absolute atomic E-state index is 11.3. The zero-order chi connectivity index (χ0) is 11.9. The summed E-state index contributed by atoms with van der Waals surface area (Å²) in [5.41, 5.74) is 2.28. The molecule has 4 nitrogen and oxygen atoms in total. The fraction of sp³-hybridized carbons (Fsp3) is 0. The summed E-state index contributed by atoms with van der Waals surface area (Å²) in [6.07, 6.45) is 0.959. The third kappa shape index (κ3) is 3.73. The number of amides is 1. The summed E-state index contributed by atoms with van der Waals surface area (Å²) >= 11 is 1.54. The quantitative estimate of drug-likeness (QED) is 0.668. The number of carbonyl (C=O) groups is 1. The molecule has 2 rings (SSSR count). The molecule has 0 aliphatic heterocycles. The second kappa shape index (κ2) is 5.81. The van der Waals surface area contributed by atoms with Crippen LogP contribution in [0.4, 0.5) is 4.79 Å². The molecule has 17 heavy (non-hydrogen) atoms. The highest BCUT2D eigenvalue weighted by atomic mass is 32.1. The number of nitrogens with one attached hydrogen (secondary N) is 1. The van der Waals surface area contributed by atoms with Gasteiger partial charge in [-0.1, -0.05) is 24.3 Å². The van der Waals surface area contributed by atoms with Crippen molar-refractivity contribution in [1.82, 2.24) is 5.43 Å². The third-order valence-corrected chi connectivity index (χ3v) is 2.65. The molecule has 0 saturated heterocycles. The number of hydrazone groups is 1. The molecule has 1 aromatic heterocycles. The van der Waals surface area contributed by atoms with E-state index in [1.165, 1.54) is 11.3 Å². The normalized spacial score (nSPS) is 10.4. The first-order valence-corrected chi connectivity index (χ1v) is 5.82. The Morgan fingerprint density at radius 2 is 2.06 bits per heavy atom. The molecule has 0 bridgehead atoms. The Balaban J connectivity index is 1.82. The first-order chi connectivity index (χ1) is 8.34. The van der Waals surface area contributed by atoms with E-state index in [0.717, 1.165) is 4.88 Å². The SMILES string of the molecule is O=C(NN=Cc1cccs1)Oc1ccccc1. The van der Waals surface area contributed by atoms with E-state index < -0.39 is 6.09 Å². The molecular weight excluding hydrogens is 236 g/mol. The predicted octanol–water partition coefficient (Wildman–Crippen LogP) is 2.87. The molecular formula is C12H10N2O2S. The Bertz CT molecular complexity index is 494. The van der Waals surface area contributed by atoms with Gasteiger partial charge in [-0.05, 0) is 23.6 Å². The topological polar surface area (TPSA) is 50.7 Å². The van der Waals surface area contributed by atoms with Crippen molar-refractivity contribution in [2.45, 2.75) is 0 Å². The number of ether oxygens (including phenoxy) is 1. The number of nitrogens with zero attached hydrogens (tertiary/aromatic N) is 1. The van der Waals surface area contributed by atoms with Crippen LogP contribution in [-0.2, 0) is 0 Å². The number of rotatable bonds is 3. The maximum atomic E-state index is 11.3. The summed E-state index contributed by atoms with van der Waals surface area (Å²) in [7, 11) is 0. The lowest BCUT2D eigenvalue weighted by Gasteiger charge is -2.01. The molecule has 1 heterocycles. The number of thiophene rings is 1. The smallest absolute Gasteiger partial charge is 0.409 e. The zero-order valence-electron chi connectivity index (χ0n) is 8.87. The van der Waals surface area contributed by atoms with Crippen molar-refractivity contribution in [1.29, 1.82) is 0 Å². The van der Waals surface area contributed by atoms with Crippen molar-refractivity contribution in [3.8, 4) is 5.75 Å². The lowest BCUT2D eigenvalue weighted by atomic mass is 10.3. The van der Waals surface area contributed by atoms with Crippen LogP contribution >= 0.6 is 11.3 Å². The highest BCUT2D eigenvalue weighted by Gasteiger charge is 2.00. The van der Waals surface area contributed by atoms with E-state index in [4.69, 9.17) is 4.74 Å². The fourth-order valence-electron chi connectivity index (χ4n) is 1.13. The largest absolute Gasteiger partial charge is 0.433 e. The molecule has 86 valence electrons. The van der Waals surface area contributed by atoms with E-state index in [2.05, 4.69) is 10.5 Å². The number of carbonyl (C=O) groups excluding carboxylic acids is 1. The zero-order valence-corrected chi connectivity index (χ0v) is 9.68. The fourth-order valence-corrected chi connectivity index (χ4v) is 1.72. The van der Waals surface area contributed by atoms with Gasteiger partial charge in [0.15, 0.2) is 0 Å². The lowest BCUT2D eigenvalue weighted by Crippen LogP contribution is -2.21. The van der Waals surface area contributed by atoms with Gasteiger partial charge in [-0.25, -0.2) is 10.2 Å². The molecule has 2 aromatic rings. The van der Waals surface area contributed by atoms with Gasteiger partial charge >= 0.3 is 6.09 Å². The van der Waals surface area contributed by atoms with Crippen LogP contribution < -0.4 is 10.2 Å². The monoisotopic (exact) mass is 246 g/mol. The van der Waals surface area contributed by atoms with Crippen molar-refractivity contribution in [2.24, 2.45) is 5.10 Å². The summed E-state index contributed by atoms with van der Waals surface area (Å²) in [4.78, 5) is 12.3. The summed E-state index contributed by atoms with van der Waals surface area (Å²) in [6.45, 7) is 0. The Morgan fingerprint density at radius 3 is 2.76 bits per heavy atom. The molecule has 5 heteroatoms. The van der Waals surface area contributed by atoms with Crippen molar-refractivity contribution in [3.05, 3.63) is 52.7 Å². The second-order valence-corrected chi connectivity index (χ2v) is 4.07. The van der Waals surface area contributed by atoms with Gasteiger partial charge in [0.05, 0.1) is 6.21 Å². The van der Waals surface area contributed by atoms with E-state index in [1.807, 2.05) is 23.6 Å². The van der Waals surface area contributed by atoms with Crippen LogP contribution in [0, 0.1) is 0 Å². The van der Waals surface area contributed by atoms with Gasteiger partial charge in [0.2, 0.25) is 0 Å². The summed E-state index contributed by atoms with van der Waals surface area (Å²) in [5, 5.41) is 5.70. The summed E-state index contributed by atoms with van der Waals surface area (Å²) in [6, 6.07) is 12.6. The Morgan fingerprint density at radius 1 is 1.24 bits per heavy atom. The number of para-hydroxylation sites is 1. The lowest BCUT2D eigenvalue weighted by molar-refractivity contribution is 0.201. The molecule has 0 spiro atoms. The molecule has 0 saturated carbocycles. The van der Waals surface area contributed by atoms with Crippen LogP contribution in [0.3, 0.4) is 0 Å². The Hall–Kier alpha value is -2.14. The average Bonchev–Trinajstić information content (AvgIpc) is 2.83. The first kappa shape index (κ1) is 11.3. The number of benzene rings is 1. The minimum absolute atomic E-state index is 0.483. The van der Waals surface area contributed by atoms with Crippen LogP contribution in [-0.4, -0.2) is 12.3 Å². The van der Waals surface area contributed by atoms with E-state index in [9.17, 15) is 4.79 Å². The highest BCUT2D eigenvalue weighted by Crippen LogP contribution is 2.08. The van der Waals surface area contributed by atoms with Gasteiger partial charge < -0.3 is 4.74 Å². The summed E-state index contributed by atoms with van der Waals surface area (Å²) in [5.74, 6) is 0.483. The molecule has 0 aliphatic carbocycles. The molecule has 1 N–H and O–H groups in total. The number of hydrogen-bond acceptors (Lipinski definition) is 4. The van der Waals surface area contributed by atoms with Crippen LogP contribution in [0.15, 0.2) is 52.9 Å². The van der Waals surface area contributed by atoms with Gasteiger partial charge in [0.25, 0.3) is 0 Å². The van der Waals surface area contributed by atoms with E-state index in [1.54, 1.807) is 30.5 Å². The van der Waals surface area contributed by atoms with Gasteiger partial charge in [-0.3, -0.25) is 0 Å². The van der Waals surface area contributed by atoms with Crippen molar-refractivity contribution in [2.75, 3.05) is 0 Å². The van der Waals surface area contributed by atoms with Gasteiger partial charge in [0.1, 0.15) is 5.75 Å². The van der Waals surface area contributed by atoms with Gasteiger partial charge in [-0.2, -0.15) is 5.10 Å². The molecule has 1 aromatic carbocycles. The average molecular weight is 246 g/mol. The van der Waals surface area contributed by atoms with Crippen LogP contribution in [0.1, 0.15) is 4.88 Å². The van der Waals surface area contributed by atoms with Crippen molar-refractivity contribution in [3.63, 3.8) is 0 Å². The van der Waals surface area contributed by atoms with Gasteiger partial charge in [-0.15, -0.1) is 11.3 Å². The summed E-state index contributed by atoms with van der Waals surface area (Å²) < 4.78 is 4.97. The standard InChI is InChI=1S/C12H10N2O2S/c15-12(16-10-5-2-1-3-6-10)14-13-9-11-7-4-8-17-11/h1-9H,(H,14,15). The molecule has 0 aliphatic rings. The molecule has 0 radical (unpaired) electrons. The van der Waals surface area contributed by atoms with Gasteiger partial charge in [0, 0.05) is 4.88 Å². The van der Waals surface area contributed by atoms with E-state index >= 15 is 0 Å². The van der Waals surface area contributed by atoms with Crippen LogP contribution in [0.25, 0.3) is 0 Å². The Kier molecular flexibility index (Phi) is 3.88. The molecule has 0 fully saturated rings. The third-order valence-electron chi connectivity index (χ3n) is 1.84. The minimum Gasteiger partial charge on any atom is -0.409 e.